The minimum Gasteiger partial charge on any atom is -0.392 e. The summed E-state index contributed by atoms with van der Waals surface area (Å²) in [4.78, 5) is 26.1. The number of hydrogen-bond donors (Lipinski definition) is 2. The number of rotatable bonds is 5. The first-order chi connectivity index (χ1) is 16.1. The van der Waals surface area contributed by atoms with Crippen LogP contribution in [0.4, 0.5) is 0 Å². The van der Waals surface area contributed by atoms with E-state index in [4.69, 9.17) is 4.52 Å². The average Bonchev–Trinajstić information content (AvgIpc) is 3.25. The molecule has 170 valence electrons. The van der Waals surface area contributed by atoms with Crippen molar-refractivity contribution < 1.29 is 14.4 Å². The van der Waals surface area contributed by atoms with Gasteiger partial charge >= 0.3 is 0 Å². The van der Waals surface area contributed by atoms with Gasteiger partial charge in [0.15, 0.2) is 0 Å². The summed E-state index contributed by atoms with van der Waals surface area (Å²) in [6.45, 7) is 2.18. The number of aromatic nitrogens is 2. The van der Waals surface area contributed by atoms with Crippen molar-refractivity contribution in [3.05, 3.63) is 75.8 Å². The van der Waals surface area contributed by atoms with E-state index in [2.05, 4.69) is 10.5 Å². The van der Waals surface area contributed by atoms with Crippen molar-refractivity contribution >= 4 is 27.7 Å². The number of nitrogens with zero attached hydrogens (tertiary/aromatic N) is 2. The number of hydrogen-bond acceptors (Lipinski definition) is 5. The van der Waals surface area contributed by atoms with E-state index in [1.807, 2.05) is 41.0 Å². The molecule has 33 heavy (non-hydrogen) atoms. The Bertz CT molecular complexity index is 1370. The van der Waals surface area contributed by atoms with E-state index in [9.17, 15) is 14.7 Å². The van der Waals surface area contributed by atoms with Crippen molar-refractivity contribution in [1.82, 2.24) is 15.0 Å². The second-order valence-electron chi connectivity index (χ2n) is 8.87. The number of fused-ring (bicyclic) bond motifs is 3. The summed E-state index contributed by atoms with van der Waals surface area (Å²) in [5.41, 5.74) is 2.55. The van der Waals surface area contributed by atoms with E-state index >= 15 is 0 Å². The van der Waals surface area contributed by atoms with Crippen LogP contribution in [-0.2, 0) is 6.61 Å². The fraction of sp³-hybridized carbons (Fsp3) is 0.346. The molecule has 2 atom stereocenters. The summed E-state index contributed by atoms with van der Waals surface area (Å²) >= 11 is 0. The molecule has 5 rings (SSSR count). The molecule has 7 nitrogen and oxygen atoms in total. The Balaban J connectivity index is 1.48. The minimum atomic E-state index is -0.143. The second kappa shape index (κ2) is 8.83. The molecule has 2 heterocycles. The van der Waals surface area contributed by atoms with E-state index in [0.29, 0.717) is 28.8 Å². The molecule has 2 aromatic carbocycles. The smallest absolute Gasteiger partial charge is 0.264 e. The molecule has 2 aromatic heterocycles. The molecule has 2 N–H and O–H groups in total. The van der Waals surface area contributed by atoms with Gasteiger partial charge in [-0.1, -0.05) is 41.9 Å². The normalized spacial score (nSPS) is 18.6. The van der Waals surface area contributed by atoms with Crippen molar-refractivity contribution in [2.75, 3.05) is 6.54 Å². The molecule has 7 heteroatoms. The first kappa shape index (κ1) is 21.4. The zero-order chi connectivity index (χ0) is 22.9. The summed E-state index contributed by atoms with van der Waals surface area (Å²) in [6, 6.07) is 14.8. The standard InChI is InChI=1S/C26H27N3O4/c1-16-22-24(28-33-16)23-19(15-30)10-6-12-21(23)29(26(22)32)20-11-5-7-17(13-20)14-27-25(31)18-8-3-2-4-9-18/h2-4,6,8-10,12,17,20,30H,5,7,11,13-15H2,1H3,(H,27,31). The third kappa shape index (κ3) is 3.82. The van der Waals surface area contributed by atoms with Crippen molar-refractivity contribution in [1.29, 1.82) is 0 Å². The molecule has 1 aliphatic rings. The lowest BCUT2D eigenvalue weighted by atomic mass is 9.85. The third-order valence-electron chi connectivity index (χ3n) is 6.80. The van der Waals surface area contributed by atoms with Crippen LogP contribution in [0.5, 0.6) is 0 Å². The van der Waals surface area contributed by atoms with Crippen molar-refractivity contribution in [2.45, 2.75) is 45.3 Å². The highest BCUT2D eigenvalue weighted by Crippen LogP contribution is 2.36. The molecule has 1 fully saturated rings. The SMILES string of the molecule is Cc1onc2c1c(=O)n(C1CCCC(CNC(=O)c3ccccc3)C1)c1cccc(CO)c21. The molecular formula is C26H27N3O4. The van der Waals surface area contributed by atoms with Crippen LogP contribution < -0.4 is 10.9 Å². The zero-order valence-electron chi connectivity index (χ0n) is 18.6. The molecular weight excluding hydrogens is 418 g/mol. The quantitative estimate of drug-likeness (QED) is 0.482. The maximum atomic E-state index is 13.6. The van der Waals surface area contributed by atoms with Gasteiger partial charge in [0.2, 0.25) is 0 Å². The predicted molar refractivity (Wildman–Crippen MR) is 126 cm³/mol. The van der Waals surface area contributed by atoms with Crippen molar-refractivity contribution in [3.8, 4) is 0 Å². The van der Waals surface area contributed by atoms with Gasteiger partial charge in [0, 0.05) is 23.5 Å². The van der Waals surface area contributed by atoms with Gasteiger partial charge in [-0.3, -0.25) is 9.59 Å². The van der Waals surface area contributed by atoms with Crippen molar-refractivity contribution in [3.63, 3.8) is 0 Å². The number of carbonyl (C=O) groups is 1. The summed E-state index contributed by atoms with van der Waals surface area (Å²) in [5, 5.41) is 18.4. The van der Waals surface area contributed by atoms with E-state index < -0.39 is 0 Å². The lowest BCUT2D eigenvalue weighted by molar-refractivity contribution is 0.0940. The van der Waals surface area contributed by atoms with E-state index in [1.54, 1.807) is 19.1 Å². The Morgan fingerprint density at radius 3 is 2.76 bits per heavy atom. The molecule has 0 radical (unpaired) electrons. The molecule has 2 unspecified atom stereocenters. The topological polar surface area (TPSA) is 97.4 Å². The van der Waals surface area contributed by atoms with Crippen LogP contribution >= 0.6 is 0 Å². The van der Waals surface area contributed by atoms with E-state index in [-0.39, 0.29) is 30.0 Å². The third-order valence-corrected chi connectivity index (χ3v) is 6.80. The monoisotopic (exact) mass is 445 g/mol. The Morgan fingerprint density at radius 1 is 1.15 bits per heavy atom. The highest BCUT2D eigenvalue weighted by Gasteiger charge is 2.28. The molecule has 1 aliphatic carbocycles. The molecule has 4 aromatic rings. The van der Waals surface area contributed by atoms with Crippen molar-refractivity contribution in [2.24, 2.45) is 5.92 Å². The molecule has 1 saturated carbocycles. The summed E-state index contributed by atoms with van der Waals surface area (Å²) < 4.78 is 7.25. The van der Waals surface area contributed by atoms with Gasteiger partial charge in [-0.25, -0.2) is 0 Å². The Hall–Kier alpha value is -3.45. The lowest BCUT2D eigenvalue weighted by Crippen LogP contribution is -2.34. The number of carbonyl (C=O) groups excluding carboxylic acids is 1. The number of pyridine rings is 1. The fourth-order valence-corrected chi connectivity index (χ4v) is 5.19. The average molecular weight is 446 g/mol. The van der Waals surface area contributed by atoms with Crippen LogP contribution in [0.25, 0.3) is 21.8 Å². The number of benzene rings is 2. The van der Waals surface area contributed by atoms with Gasteiger partial charge in [-0.05, 0) is 55.9 Å². The molecule has 0 saturated heterocycles. The number of nitrogens with one attached hydrogen (secondary N) is 1. The first-order valence-corrected chi connectivity index (χ1v) is 11.4. The molecule has 0 aliphatic heterocycles. The molecule has 1 amide bonds. The first-order valence-electron chi connectivity index (χ1n) is 11.4. The van der Waals surface area contributed by atoms with E-state index in [0.717, 1.165) is 42.1 Å². The number of amides is 1. The largest absolute Gasteiger partial charge is 0.392 e. The highest BCUT2D eigenvalue weighted by atomic mass is 16.5. The van der Waals surface area contributed by atoms with Gasteiger partial charge < -0.3 is 19.5 Å². The predicted octanol–water partition coefficient (Wildman–Crippen LogP) is 4.10. The van der Waals surface area contributed by atoms with Gasteiger partial charge in [0.25, 0.3) is 11.5 Å². The zero-order valence-corrected chi connectivity index (χ0v) is 18.6. The highest BCUT2D eigenvalue weighted by molar-refractivity contribution is 6.05. The Labute approximate surface area is 191 Å². The fourth-order valence-electron chi connectivity index (χ4n) is 5.19. The number of aliphatic hydroxyl groups excluding tert-OH is 1. The van der Waals surface area contributed by atoms with E-state index in [1.165, 1.54) is 0 Å². The van der Waals surface area contributed by atoms with Gasteiger partial charge in [0.1, 0.15) is 16.7 Å². The van der Waals surface area contributed by atoms with Crippen LogP contribution in [0.3, 0.4) is 0 Å². The van der Waals surface area contributed by atoms with Crippen LogP contribution in [0, 0.1) is 12.8 Å². The summed E-state index contributed by atoms with van der Waals surface area (Å²) in [6.07, 6.45) is 3.67. The Kier molecular flexibility index (Phi) is 5.72. The minimum absolute atomic E-state index is 0.0000187. The van der Waals surface area contributed by atoms with Gasteiger partial charge in [0.05, 0.1) is 12.1 Å². The maximum absolute atomic E-state index is 13.6. The van der Waals surface area contributed by atoms with Crippen LogP contribution in [0.1, 0.15) is 53.4 Å². The van der Waals surface area contributed by atoms with Crippen LogP contribution in [0.2, 0.25) is 0 Å². The van der Waals surface area contributed by atoms with Crippen LogP contribution in [0.15, 0.2) is 57.8 Å². The van der Waals surface area contributed by atoms with Gasteiger partial charge in [-0.15, -0.1) is 0 Å². The second-order valence-corrected chi connectivity index (χ2v) is 8.87. The number of aliphatic hydroxyl groups is 1. The van der Waals surface area contributed by atoms with Crippen LogP contribution in [-0.4, -0.2) is 27.3 Å². The van der Waals surface area contributed by atoms with Gasteiger partial charge in [-0.2, -0.15) is 0 Å². The number of aryl methyl sites for hydroxylation is 1. The molecule has 0 spiro atoms. The summed E-state index contributed by atoms with van der Waals surface area (Å²) in [5.74, 6) is 0.689. The molecule has 0 bridgehead atoms. The Morgan fingerprint density at radius 2 is 1.97 bits per heavy atom. The summed E-state index contributed by atoms with van der Waals surface area (Å²) in [7, 11) is 0. The lowest BCUT2D eigenvalue weighted by Gasteiger charge is -2.31. The maximum Gasteiger partial charge on any atom is 0.264 e.